The van der Waals surface area contributed by atoms with Crippen LogP contribution in [0.1, 0.15) is 10.4 Å². The summed E-state index contributed by atoms with van der Waals surface area (Å²) in [6, 6.07) is 10.9. The Morgan fingerprint density at radius 1 is 1.12 bits per heavy atom. The molecule has 2 aromatic carbocycles. The molecule has 2 rings (SSSR count). The van der Waals surface area contributed by atoms with Crippen LogP contribution in [-0.2, 0) is 10.0 Å². The van der Waals surface area contributed by atoms with Crippen LogP contribution in [0, 0.1) is 10.1 Å². The van der Waals surface area contributed by atoms with Crippen molar-refractivity contribution in [2.45, 2.75) is 4.90 Å². The van der Waals surface area contributed by atoms with Crippen molar-refractivity contribution in [1.82, 2.24) is 10.0 Å². The fourth-order valence-corrected chi connectivity index (χ4v) is 3.08. The zero-order valence-electron chi connectivity index (χ0n) is 12.8. The van der Waals surface area contributed by atoms with Gasteiger partial charge in [0.2, 0.25) is 10.0 Å². The molecule has 2 aromatic rings. The Labute approximate surface area is 149 Å². The van der Waals surface area contributed by atoms with Crippen LogP contribution in [-0.4, -0.2) is 32.3 Å². The van der Waals surface area contributed by atoms with Crippen molar-refractivity contribution >= 4 is 33.2 Å². The Morgan fingerprint density at radius 2 is 1.80 bits per heavy atom. The predicted molar refractivity (Wildman–Crippen MR) is 92.1 cm³/mol. The highest BCUT2D eigenvalue weighted by molar-refractivity contribution is 7.89. The molecule has 10 heteroatoms. The van der Waals surface area contributed by atoms with Crippen molar-refractivity contribution in [3.63, 3.8) is 0 Å². The molecule has 0 unspecified atom stereocenters. The number of hydrogen-bond acceptors (Lipinski definition) is 5. The second-order valence-electron chi connectivity index (χ2n) is 4.92. The van der Waals surface area contributed by atoms with E-state index in [9.17, 15) is 23.3 Å². The number of non-ortho nitro benzene ring substituents is 1. The number of carbonyl (C=O) groups excluding carboxylic acids is 1. The second-order valence-corrected chi connectivity index (χ2v) is 7.12. The van der Waals surface area contributed by atoms with Gasteiger partial charge in [0.05, 0.1) is 9.82 Å². The molecule has 25 heavy (non-hydrogen) atoms. The van der Waals surface area contributed by atoms with Gasteiger partial charge in [-0.15, -0.1) is 0 Å². The van der Waals surface area contributed by atoms with E-state index in [1.165, 1.54) is 42.5 Å². The number of rotatable bonds is 7. The van der Waals surface area contributed by atoms with Crippen LogP contribution in [0.5, 0.6) is 0 Å². The van der Waals surface area contributed by atoms with Gasteiger partial charge in [0.1, 0.15) is 0 Å². The van der Waals surface area contributed by atoms with Crippen molar-refractivity contribution in [2.24, 2.45) is 0 Å². The van der Waals surface area contributed by atoms with E-state index in [1.807, 2.05) is 0 Å². The molecular weight excluding hydrogens is 370 g/mol. The van der Waals surface area contributed by atoms with E-state index in [-0.39, 0.29) is 29.2 Å². The van der Waals surface area contributed by atoms with Crippen molar-refractivity contribution < 1.29 is 18.1 Å². The molecule has 1 amide bonds. The number of amides is 1. The van der Waals surface area contributed by atoms with Crippen LogP contribution in [0.2, 0.25) is 5.02 Å². The number of nitrogens with zero attached hydrogens (tertiary/aromatic N) is 1. The summed E-state index contributed by atoms with van der Waals surface area (Å²) in [6.45, 7) is -0.0139. The third kappa shape index (κ3) is 5.24. The van der Waals surface area contributed by atoms with Crippen LogP contribution in [0.15, 0.2) is 53.4 Å². The van der Waals surface area contributed by atoms with Crippen LogP contribution in [0.3, 0.4) is 0 Å². The normalized spacial score (nSPS) is 11.1. The Bertz CT molecular complexity index is 884. The molecule has 0 aliphatic heterocycles. The maximum Gasteiger partial charge on any atom is 0.270 e. The summed E-state index contributed by atoms with van der Waals surface area (Å²) >= 11 is 5.71. The summed E-state index contributed by atoms with van der Waals surface area (Å²) in [6.07, 6.45) is 0. The van der Waals surface area contributed by atoms with Gasteiger partial charge in [-0.05, 0) is 30.3 Å². The fraction of sp³-hybridized carbons (Fsp3) is 0.133. The molecule has 2 N–H and O–H groups in total. The van der Waals surface area contributed by atoms with Gasteiger partial charge in [0.25, 0.3) is 11.6 Å². The van der Waals surface area contributed by atoms with Crippen LogP contribution in [0.25, 0.3) is 0 Å². The molecule has 0 spiro atoms. The monoisotopic (exact) mass is 383 g/mol. The summed E-state index contributed by atoms with van der Waals surface area (Å²) < 4.78 is 26.4. The number of halogens is 1. The average molecular weight is 384 g/mol. The number of nitro groups is 1. The van der Waals surface area contributed by atoms with Gasteiger partial charge in [-0.25, -0.2) is 13.1 Å². The summed E-state index contributed by atoms with van der Waals surface area (Å²) in [4.78, 5) is 22.1. The van der Waals surface area contributed by atoms with Gasteiger partial charge in [0, 0.05) is 35.8 Å². The van der Waals surface area contributed by atoms with Crippen LogP contribution < -0.4 is 10.0 Å². The fourth-order valence-electron chi connectivity index (χ4n) is 1.92. The molecule has 0 aromatic heterocycles. The SMILES string of the molecule is O=C(NCCNS(=O)(=O)c1ccc(Cl)cc1)c1cccc([N+](=O)[O-])c1. The van der Waals surface area contributed by atoms with E-state index in [0.717, 1.165) is 6.07 Å². The molecular formula is C15H14ClN3O5S. The first-order chi connectivity index (χ1) is 11.8. The Kier molecular flexibility index (Phi) is 6.07. The van der Waals surface area contributed by atoms with Gasteiger partial charge in [-0.1, -0.05) is 17.7 Å². The van der Waals surface area contributed by atoms with Crippen LogP contribution >= 0.6 is 11.6 Å². The van der Waals surface area contributed by atoms with Crippen molar-refractivity contribution in [1.29, 1.82) is 0 Å². The third-order valence-corrected chi connectivity index (χ3v) is 4.87. The third-order valence-electron chi connectivity index (χ3n) is 3.15. The standard InChI is InChI=1S/C15H14ClN3O5S/c16-12-4-6-14(7-5-12)25(23,24)18-9-8-17-15(20)11-2-1-3-13(10-11)19(21)22/h1-7,10,18H,8-9H2,(H,17,20). The molecule has 0 bridgehead atoms. The minimum Gasteiger partial charge on any atom is -0.351 e. The lowest BCUT2D eigenvalue weighted by atomic mass is 10.2. The maximum atomic E-state index is 12.0. The molecule has 132 valence electrons. The number of hydrogen-bond donors (Lipinski definition) is 2. The molecule has 0 heterocycles. The summed E-state index contributed by atoms with van der Waals surface area (Å²) in [7, 11) is -3.71. The number of carbonyl (C=O) groups is 1. The molecule has 8 nitrogen and oxygen atoms in total. The Morgan fingerprint density at radius 3 is 2.44 bits per heavy atom. The van der Waals surface area contributed by atoms with E-state index < -0.39 is 20.9 Å². The van der Waals surface area contributed by atoms with E-state index in [0.29, 0.717) is 5.02 Å². The number of sulfonamides is 1. The summed E-state index contributed by atoms with van der Waals surface area (Å²) in [5, 5.41) is 13.6. The summed E-state index contributed by atoms with van der Waals surface area (Å²) in [5.74, 6) is -0.533. The molecule has 0 atom stereocenters. The second kappa shape index (κ2) is 8.06. The van der Waals surface area contributed by atoms with Gasteiger partial charge in [-0.2, -0.15) is 0 Å². The number of nitrogens with one attached hydrogen (secondary N) is 2. The molecule has 0 radical (unpaired) electrons. The zero-order chi connectivity index (χ0) is 18.4. The lowest BCUT2D eigenvalue weighted by Gasteiger charge is -2.08. The van der Waals surface area contributed by atoms with Gasteiger partial charge >= 0.3 is 0 Å². The van der Waals surface area contributed by atoms with Gasteiger partial charge in [0.15, 0.2) is 0 Å². The first-order valence-electron chi connectivity index (χ1n) is 7.07. The molecule has 0 saturated carbocycles. The lowest BCUT2D eigenvalue weighted by Crippen LogP contribution is -2.34. The molecule has 0 saturated heterocycles. The molecule has 0 aliphatic rings. The highest BCUT2D eigenvalue weighted by Gasteiger charge is 2.14. The van der Waals surface area contributed by atoms with Gasteiger partial charge < -0.3 is 5.32 Å². The first-order valence-corrected chi connectivity index (χ1v) is 8.93. The van der Waals surface area contributed by atoms with E-state index in [1.54, 1.807) is 0 Å². The number of nitro benzene ring substituents is 1. The van der Waals surface area contributed by atoms with E-state index >= 15 is 0 Å². The minimum atomic E-state index is -3.71. The maximum absolute atomic E-state index is 12.0. The highest BCUT2D eigenvalue weighted by atomic mass is 35.5. The summed E-state index contributed by atoms with van der Waals surface area (Å²) in [5.41, 5.74) is -0.0779. The molecule has 0 fully saturated rings. The Balaban J connectivity index is 1.88. The number of benzene rings is 2. The van der Waals surface area contributed by atoms with Crippen molar-refractivity contribution in [3.8, 4) is 0 Å². The zero-order valence-corrected chi connectivity index (χ0v) is 14.4. The quantitative estimate of drug-likeness (QED) is 0.430. The topological polar surface area (TPSA) is 118 Å². The smallest absolute Gasteiger partial charge is 0.270 e. The first kappa shape index (κ1) is 18.8. The highest BCUT2D eigenvalue weighted by Crippen LogP contribution is 2.14. The average Bonchev–Trinajstić information content (AvgIpc) is 2.59. The lowest BCUT2D eigenvalue weighted by molar-refractivity contribution is -0.384. The predicted octanol–water partition coefficient (Wildman–Crippen LogP) is 1.96. The largest absolute Gasteiger partial charge is 0.351 e. The van der Waals surface area contributed by atoms with E-state index in [4.69, 9.17) is 11.6 Å². The Hall–Kier alpha value is -2.49. The van der Waals surface area contributed by atoms with Gasteiger partial charge in [-0.3, -0.25) is 14.9 Å². The molecule has 0 aliphatic carbocycles. The minimum absolute atomic E-state index is 0.0222. The van der Waals surface area contributed by atoms with Crippen molar-refractivity contribution in [3.05, 3.63) is 69.2 Å². The van der Waals surface area contributed by atoms with Crippen molar-refractivity contribution in [2.75, 3.05) is 13.1 Å². The van der Waals surface area contributed by atoms with E-state index in [2.05, 4.69) is 10.0 Å². The van der Waals surface area contributed by atoms with Crippen LogP contribution in [0.4, 0.5) is 5.69 Å².